The van der Waals surface area contributed by atoms with Gasteiger partial charge in [0.05, 0.1) is 6.20 Å². The molecule has 0 bridgehead atoms. The Morgan fingerprint density at radius 1 is 1.26 bits per heavy atom. The van der Waals surface area contributed by atoms with Gasteiger partial charge in [-0.05, 0) is 5.56 Å². The zero-order valence-corrected chi connectivity index (χ0v) is 10.1. The Labute approximate surface area is 109 Å². The molecule has 0 amide bonds. The molecule has 3 rings (SSSR count). The lowest BCUT2D eigenvalue weighted by molar-refractivity contribution is 0.111. The minimum absolute atomic E-state index is 0.430. The van der Waals surface area contributed by atoms with Crippen molar-refractivity contribution in [2.45, 2.75) is 6.54 Å². The van der Waals surface area contributed by atoms with E-state index in [1.54, 1.807) is 23.2 Å². The quantitative estimate of drug-likeness (QED) is 0.670. The van der Waals surface area contributed by atoms with Gasteiger partial charge in [0.1, 0.15) is 0 Å². The molecule has 0 atom stereocenters. The third-order valence-electron chi connectivity index (χ3n) is 2.88. The number of carbonyl (C=O) groups is 1. The van der Waals surface area contributed by atoms with E-state index in [4.69, 9.17) is 4.42 Å². The van der Waals surface area contributed by atoms with Crippen LogP contribution in [0.1, 0.15) is 16.2 Å². The van der Waals surface area contributed by atoms with E-state index in [0.29, 0.717) is 12.4 Å². The Bertz CT molecular complexity index is 669. The summed E-state index contributed by atoms with van der Waals surface area (Å²) in [6.45, 7) is 0.616. The molecular weight excluding hydrogens is 242 g/mol. The Balaban J connectivity index is 1.82. The first-order valence-electron chi connectivity index (χ1n) is 5.81. The fourth-order valence-electron chi connectivity index (χ4n) is 1.90. The Hall–Kier alpha value is -2.69. The third kappa shape index (κ3) is 2.30. The predicted molar refractivity (Wildman–Crippen MR) is 68.7 cm³/mol. The summed E-state index contributed by atoms with van der Waals surface area (Å²) in [6.07, 6.45) is 7.24. The smallest absolute Gasteiger partial charge is 0.185 e. The molecule has 0 saturated heterocycles. The van der Waals surface area contributed by atoms with Gasteiger partial charge in [0.15, 0.2) is 24.3 Å². The van der Waals surface area contributed by atoms with Gasteiger partial charge in [-0.3, -0.25) is 4.79 Å². The molecule has 2 heterocycles. The minimum atomic E-state index is 0.430. The van der Waals surface area contributed by atoms with E-state index in [-0.39, 0.29) is 0 Å². The van der Waals surface area contributed by atoms with E-state index in [0.717, 1.165) is 23.2 Å². The largest absolute Gasteiger partial charge is 0.444 e. The summed E-state index contributed by atoms with van der Waals surface area (Å²) in [7, 11) is 0. The second kappa shape index (κ2) is 4.89. The zero-order valence-electron chi connectivity index (χ0n) is 10.1. The van der Waals surface area contributed by atoms with Crippen LogP contribution in [0.2, 0.25) is 0 Å². The predicted octanol–water partition coefficient (Wildman–Crippen LogP) is 2.40. The highest BCUT2D eigenvalue weighted by Crippen LogP contribution is 2.19. The van der Waals surface area contributed by atoms with Crippen molar-refractivity contribution >= 4 is 6.29 Å². The van der Waals surface area contributed by atoms with Gasteiger partial charge in [-0.25, -0.2) is 9.97 Å². The number of imidazole rings is 1. The van der Waals surface area contributed by atoms with Crippen LogP contribution < -0.4 is 0 Å². The molecule has 0 fully saturated rings. The Morgan fingerprint density at radius 3 is 2.79 bits per heavy atom. The second-order valence-electron chi connectivity index (χ2n) is 4.09. The average molecular weight is 253 g/mol. The summed E-state index contributed by atoms with van der Waals surface area (Å²) in [4.78, 5) is 18.6. The maximum Gasteiger partial charge on any atom is 0.185 e. The molecule has 0 N–H and O–H groups in total. The Morgan fingerprint density at radius 2 is 2.11 bits per heavy atom. The van der Waals surface area contributed by atoms with Crippen LogP contribution in [-0.4, -0.2) is 20.8 Å². The van der Waals surface area contributed by atoms with Crippen molar-refractivity contribution in [1.82, 2.24) is 14.5 Å². The molecule has 0 aliphatic heterocycles. The molecule has 2 aromatic heterocycles. The highest BCUT2D eigenvalue weighted by Gasteiger charge is 2.04. The zero-order chi connectivity index (χ0) is 13.1. The maximum atomic E-state index is 10.8. The number of oxazole rings is 1. The number of nitrogens with zero attached hydrogens (tertiary/aromatic N) is 3. The fraction of sp³-hybridized carbons (Fsp3) is 0.0714. The van der Waals surface area contributed by atoms with Crippen molar-refractivity contribution in [3.63, 3.8) is 0 Å². The van der Waals surface area contributed by atoms with Crippen molar-refractivity contribution in [3.05, 3.63) is 60.6 Å². The van der Waals surface area contributed by atoms with Crippen LogP contribution in [0.25, 0.3) is 11.3 Å². The van der Waals surface area contributed by atoms with E-state index in [2.05, 4.69) is 9.97 Å². The number of hydrogen-bond donors (Lipinski definition) is 0. The first kappa shape index (κ1) is 11.4. The average Bonchev–Trinajstić information content (AvgIpc) is 3.10. The molecule has 1 aromatic carbocycles. The molecular formula is C14H11N3O2. The fourth-order valence-corrected chi connectivity index (χ4v) is 1.90. The lowest BCUT2D eigenvalue weighted by Crippen LogP contribution is -2.03. The molecule has 3 aromatic rings. The van der Waals surface area contributed by atoms with E-state index in [9.17, 15) is 4.79 Å². The number of hydrogen-bond acceptors (Lipinski definition) is 4. The van der Waals surface area contributed by atoms with Gasteiger partial charge in [-0.1, -0.05) is 24.3 Å². The van der Waals surface area contributed by atoms with Crippen LogP contribution in [0.5, 0.6) is 0 Å². The van der Waals surface area contributed by atoms with E-state index >= 15 is 0 Å². The lowest BCUT2D eigenvalue weighted by Gasteiger charge is -2.05. The SMILES string of the molecule is O=Cc1nccn1Cc1ccc(-c2cnco2)cc1. The van der Waals surface area contributed by atoms with Crippen LogP contribution in [-0.2, 0) is 6.54 Å². The second-order valence-corrected chi connectivity index (χ2v) is 4.09. The first-order chi connectivity index (χ1) is 9.36. The van der Waals surface area contributed by atoms with E-state index < -0.39 is 0 Å². The number of aromatic nitrogens is 3. The van der Waals surface area contributed by atoms with Gasteiger partial charge in [-0.2, -0.15) is 0 Å². The van der Waals surface area contributed by atoms with E-state index in [1.165, 1.54) is 6.39 Å². The van der Waals surface area contributed by atoms with Gasteiger partial charge in [0.2, 0.25) is 0 Å². The van der Waals surface area contributed by atoms with Crippen LogP contribution in [0.15, 0.2) is 53.7 Å². The molecule has 0 unspecified atom stereocenters. The number of aldehydes is 1. The number of carbonyl (C=O) groups excluding carboxylic acids is 1. The van der Waals surface area contributed by atoms with Crippen molar-refractivity contribution in [3.8, 4) is 11.3 Å². The summed E-state index contributed by atoms with van der Waals surface area (Å²) in [6, 6.07) is 7.92. The summed E-state index contributed by atoms with van der Waals surface area (Å²) in [5, 5.41) is 0. The topological polar surface area (TPSA) is 60.9 Å². The summed E-state index contributed by atoms with van der Waals surface area (Å²) >= 11 is 0. The van der Waals surface area contributed by atoms with Crippen molar-refractivity contribution in [2.24, 2.45) is 0 Å². The van der Waals surface area contributed by atoms with Crippen molar-refractivity contribution < 1.29 is 9.21 Å². The molecule has 0 spiro atoms. The van der Waals surface area contributed by atoms with Crippen LogP contribution in [0, 0.1) is 0 Å². The van der Waals surface area contributed by atoms with Crippen LogP contribution >= 0.6 is 0 Å². The normalized spacial score (nSPS) is 10.5. The van der Waals surface area contributed by atoms with Gasteiger partial charge < -0.3 is 8.98 Å². The highest BCUT2D eigenvalue weighted by molar-refractivity contribution is 5.69. The monoisotopic (exact) mass is 253 g/mol. The molecule has 0 saturated carbocycles. The third-order valence-corrected chi connectivity index (χ3v) is 2.88. The summed E-state index contributed by atoms with van der Waals surface area (Å²) in [5.74, 6) is 1.17. The van der Waals surface area contributed by atoms with Gasteiger partial charge in [0.25, 0.3) is 0 Å². The number of rotatable bonds is 4. The molecule has 0 aliphatic rings. The van der Waals surface area contributed by atoms with Crippen LogP contribution in [0.3, 0.4) is 0 Å². The summed E-state index contributed by atoms with van der Waals surface area (Å²) < 4.78 is 7.03. The van der Waals surface area contributed by atoms with Crippen molar-refractivity contribution in [2.75, 3.05) is 0 Å². The lowest BCUT2D eigenvalue weighted by atomic mass is 10.1. The van der Waals surface area contributed by atoms with Gasteiger partial charge in [-0.15, -0.1) is 0 Å². The molecule has 94 valence electrons. The molecule has 19 heavy (non-hydrogen) atoms. The first-order valence-corrected chi connectivity index (χ1v) is 5.81. The molecule has 5 nitrogen and oxygen atoms in total. The Kier molecular flexibility index (Phi) is 2.94. The standard InChI is InChI=1S/C14H11N3O2/c18-9-14-16-5-6-17(14)8-11-1-3-12(4-2-11)13-7-15-10-19-13/h1-7,9-10H,8H2. The molecule has 0 aliphatic carbocycles. The van der Waals surface area contributed by atoms with E-state index in [1.807, 2.05) is 24.3 Å². The summed E-state index contributed by atoms with van der Waals surface area (Å²) in [5.41, 5.74) is 2.06. The van der Waals surface area contributed by atoms with Crippen LogP contribution in [0.4, 0.5) is 0 Å². The minimum Gasteiger partial charge on any atom is -0.444 e. The molecule has 5 heteroatoms. The number of benzene rings is 1. The van der Waals surface area contributed by atoms with Gasteiger partial charge >= 0.3 is 0 Å². The van der Waals surface area contributed by atoms with Crippen molar-refractivity contribution in [1.29, 1.82) is 0 Å². The maximum absolute atomic E-state index is 10.8. The highest BCUT2D eigenvalue weighted by atomic mass is 16.3. The molecule has 0 radical (unpaired) electrons. The van der Waals surface area contributed by atoms with Gasteiger partial charge in [0, 0.05) is 24.5 Å².